The molecule has 1 aliphatic carbocycles. The molecule has 0 radical (unpaired) electrons. The molecule has 2 unspecified atom stereocenters. The number of H-pyrrole nitrogens is 1. The minimum atomic E-state index is -0.274. The van der Waals surface area contributed by atoms with E-state index >= 15 is 0 Å². The number of nitrogens with zero attached hydrogens (tertiary/aromatic N) is 1. The monoisotopic (exact) mass is 324 g/mol. The number of aromatic amines is 1. The van der Waals surface area contributed by atoms with E-state index in [1.54, 1.807) is 11.3 Å². The number of alkyl halides is 1. The molecule has 0 spiro atoms. The fourth-order valence-electron chi connectivity index (χ4n) is 3.13. The first kappa shape index (κ1) is 15.0. The van der Waals surface area contributed by atoms with E-state index in [2.05, 4.69) is 30.7 Å². The third-order valence-corrected chi connectivity index (χ3v) is 5.89. The maximum Gasteiger partial charge on any atom is 0.259 e. The van der Waals surface area contributed by atoms with Crippen molar-refractivity contribution in [1.82, 2.24) is 9.97 Å². The second-order valence-electron chi connectivity index (χ2n) is 7.06. The van der Waals surface area contributed by atoms with Crippen molar-refractivity contribution in [2.24, 2.45) is 11.3 Å². The van der Waals surface area contributed by atoms with Crippen LogP contribution in [0.5, 0.6) is 0 Å². The molecule has 1 N–H and O–H groups in total. The Hall–Kier alpha value is -0.870. The number of thiophene rings is 1. The Balaban J connectivity index is 2.11. The molecule has 0 aromatic carbocycles. The van der Waals surface area contributed by atoms with Gasteiger partial charge in [-0.1, -0.05) is 20.8 Å². The summed E-state index contributed by atoms with van der Waals surface area (Å²) in [7, 11) is 0. The van der Waals surface area contributed by atoms with Gasteiger partial charge in [0.1, 0.15) is 10.7 Å². The van der Waals surface area contributed by atoms with Gasteiger partial charge in [0.2, 0.25) is 0 Å². The summed E-state index contributed by atoms with van der Waals surface area (Å²) < 4.78 is 0. The van der Waals surface area contributed by atoms with Crippen molar-refractivity contribution >= 4 is 33.2 Å². The van der Waals surface area contributed by atoms with Crippen molar-refractivity contribution in [1.29, 1.82) is 0 Å². The van der Waals surface area contributed by atoms with Gasteiger partial charge in [-0.3, -0.25) is 4.79 Å². The van der Waals surface area contributed by atoms with E-state index in [1.807, 2.05) is 6.92 Å². The highest BCUT2D eigenvalue weighted by Gasteiger charge is 2.31. The molecule has 2 aromatic heterocycles. The Morgan fingerprint density at radius 1 is 1.43 bits per heavy atom. The number of fused-ring (bicyclic) bond motifs is 3. The minimum Gasteiger partial charge on any atom is -0.309 e. The smallest absolute Gasteiger partial charge is 0.259 e. The highest BCUT2D eigenvalue weighted by atomic mass is 35.5. The molecule has 0 aliphatic heterocycles. The first-order chi connectivity index (χ1) is 9.77. The lowest BCUT2D eigenvalue weighted by Crippen LogP contribution is -2.26. The van der Waals surface area contributed by atoms with Crippen LogP contribution in [0.1, 0.15) is 55.8 Å². The maximum absolute atomic E-state index is 12.4. The highest BCUT2D eigenvalue weighted by molar-refractivity contribution is 7.18. The van der Waals surface area contributed by atoms with Crippen LogP contribution in [-0.2, 0) is 12.8 Å². The second kappa shape index (κ2) is 5.10. The summed E-state index contributed by atoms with van der Waals surface area (Å²) in [6.07, 6.45) is 3.19. The van der Waals surface area contributed by atoms with Crippen LogP contribution >= 0.6 is 22.9 Å². The Morgan fingerprint density at radius 2 is 2.14 bits per heavy atom. The number of hydrogen-bond acceptors (Lipinski definition) is 3. The third-order valence-electron chi connectivity index (χ3n) is 4.54. The van der Waals surface area contributed by atoms with Gasteiger partial charge >= 0.3 is 0 Å². The van der Waals surface area contributed by atoms with Gasteiger partial charge in [-0.25, -0.2) is 4.98 Å². The van der Waals surface area contributed by atoms with Gasteiger partial charge in [-0.15, -0.1) is 22.9 Å². The summed E-state index contributed by atoms with van der Waals surface area (Å²) in [5.74, 6) is 1.24. The van der Waals surface area contributed by atoms with Crippen LogP contribution in [0.15, 0.2) is 4.79 Å². The molecule has 2 heterocycles. The van der Waals surface area contributed by atoms with E-state index in [0.29, 0.717) is 17.2 Å². The van der Waals surface area contributed by atoms with Gasteiger partial charge in [-0.05, 0) is 43.1 Å². The van der Waals surface area contributed by atoms with E-state index in [-0.39, 0.29) is 10.9 Å². The predicted octanol–water partition coefficient (Wildman–Crippen LogP) is 4.44. The van der Waals surface area contributed by atoms with Crippen LogP contribution in [0.4, 0.5) is 0 Å². The molecule has 3 nitrogen and oxygen atoms in total. The van der Waals surface area contributed by atoms with Gasteiger partial charge in [0, 0.05) is 4.88 Å². The van der Waals surface area contributed by atoms with Gasteiger partial charge in [-0.2, -0.15) is 0 Å². The van der Waals surface area contributed by atoms with Crippen LogP contribution in [0.3, 0.4) is 0 Å². The predicted molar refractivity (Wildman–Crippen MR) is 89.5 cm³/mol. The summed E-state index contributed by atoms with van der Waals surface area (Å²) in [6.45, 7) is 8.73. The van der Waals surface area contributed by atoms with Gasteiger partial charge in [0.15, 0.2) is 0 Å². The summed E-state index contributed by atoms with van der Waals surface area (Å²) >= 11 is 7.73. The minimum absolute atomic E-state index is 0.0331. The van der Waals surface area contributed by atoms with Crippen molar-refractivity contribution < 1.29 is 0 Å². The molecule has 0 amide bonds. The molecule has 5 heteroatoms. The largest absolute Gasteiger partial charge is 0.309 e. The quantitative estimate of drug-likeness (QED) is 0.788. The molecular formula is C16H21ClN2OS. The molecule has 3 rings (SSSR count). The van der Waals surface area contributed by atoms with Gasteiger partial charge in [0.05, 0.1) is 10.8 Å². The standard InChI is InChI=1S/C16H21ClN2OS/c1-8(17)13-18-14(20)12-10-6-5-9(16(2,3)4)7-11(10)21-15(12)19-13/h8-9H,5-7H2,1-4H3,(H,18,19,20). The maximum atomic E-state index is 12.4. The van der Waals surface area contributed by atoms with Crippen LogP contribution in [0, 0.1) is 11.3 Å². The number of aryl methyl sites for hydroxylation is 1. The second-order valence-corrected chi connectivity index (χ2v) is 8.80. The summed E-state index contributed by atoms with van der Waals surface area (Å²) in [6, 6.07) is 0. The number of aromatic nitrogens is 2. The van der Waals surface area contributed by atoms with Crippen molar-refractivity contribution in [2.75, 3.05) is 0 Å². The fourth-order valence-corrected chi connectivity index (χ4v) is 4.54. The molecule has 0 bridgehead atoms. The van der Waals surface area contributed by atoms with Crippen molar-refractivity contribution in [3.05, 3.63) is 26.6 Å². The Morgan fingerprint density at radius 3 is 2.76 bits per heavy atom. The number of nitrogens with one attached hydrogen (secondary N) is 1. The Bertz CT molecular complexity index is 739. The van der Waals surface area contributed by atoms with E-state index in [4.69, 9.17) is 11.6 Å². The molecule has 0 saturated heterocycles. The normalized spacial score (nSPS) is 20.5. The van der Waals surface area contributed by atoms with Crippen molar-refractivity contribution in [2.45, 2.75) is 52.3 Å². The van der Waals surface area contributed by atoms with E-state index in [0.717, 1.165) is 29.5 Å². The molecule has 21 heavy (non-hydrogen) atoms. The zero-order valence-electron chi connectivity index (χ0n) is 12.9. The van der Waals surface area contributed by atoms with Crippen molar-refractivity contribution in [3.8, 4) is 0 Å². The molecule has 0 saturated carbocycles. The average molecular weight is 325 g/mol. The van der Waals surface area contributed by atoms with E-state index in [1.165, 1.54) is 10.4 Å². The van der Waals surface area contributed by atoms with Crippen LogP contribution < -0.4 is 5.56 Å². The topological polar surface area (TPSA) is 45.8 Å². The molecule has 1 aliphatic rings. The molecular weight excluding hydrogens is 304 g/mol. The SMILES string of the molecule is CC(Cl)c1nc2sc3c(c2c(=O)[nH]1)CCC(C(C)(C)C)C3. The number of hydrogen-bond donors (Lipinski definition) is 1. The average Bonchev–Trinajstić information content (AvgIpc) is 2.74. The van der Waals surface area contributed by atoms with Crippen molar-refractivity contribution in [3.63, 3.8) is 0 Å². The summed E-state index contributed by atoms with van der Waals surface area (Å²) in [5.41, 5.74) is 1.50. The first-order valence-electron chi connectivity index (χ1n) is 7.46. The fraction of sp³-hybridized carbons (Fsp3) is 0.625. The lowest BCUT2D eigenvalue weighted by atomic mass is 9.72. The lowest BCUT2D eigenvalue weighted by Gasteiger charge is -2.33. The molecule has 0 fully saturated rings. The molecule has 114 valence electrons. The first-order valence-corrected chi connectivity index (χ1v) is 8.71. The van der Waals surface area contributed by atoms with Crippen LogP contribution in [0.25, 0.3) is 10.2 Å². The summed E-state index contributed by atoms with van der Waals surface area (Å²) in [4.78, 5) is 22.0. The third kappa shape index (κ3) is 2.64. The van der Waals surface area contributed by atoms with Crippen LogP contribution in [-0.4, -0.2) is 9.97 Å². The van der Waals surface area contributed by atoms with Crippen LogP contribution in [0.2, 0.25) is 0 Å². The highest BCUT2D eigenvalue weighted by Crippen LogP contribution is 2.42. The number of rotatable bonds is 1. The summed E-state index contributed by atoms with van der Waals surface area (Å²) in [5, 5.41) is 0.520. The van der Waals surface area contributed by atoms with E-state index < -0.39 is 0 Å². The molecule has 2 atom stereocenters. The zero-order valence-corrected chi connectivity index (χ0v) is 14.5. The Labute approximate surface area is 133 Å². The number of halogens is 1. The zero-order chi connectivity index (χ0) is 15.4. The van der Waals surface area contributed by atoms with Gasteiger partial charge in [0.25, 0.3) is 5.56 Å². The van der Waals surface area contributed by atoms with E-state index in [9.17, 15) is 4.79 Å². The molecule has 2 aromatic rings. The lowest BCUT2D eigenvalue weighted by molar-refractivity contribution is 0.218. The van der Waals surface area contributed by atoms with Gasteiger partial charge < -0.3 is 4.98 Å². The Kier molecular flexibility index (Phi) is 3.65.